The molecule has 0 bridgehead atoms. The van der Waals surface area contributed by atoms with Crippen LogP contribution in [0.2, 0.25) is 0 Å². The Hall–Kier alpha value is -1.81. The van der Waals surface area contributed by atoms with E-state index in [9.17, 15) is 0 Å². The van der Waals surface area contributed by atoms with Crippen molar-refractivity contribution in [3.63, 3.8) is 0 Å². The van der Waals surface area contributed by atoms with E-state index in [4.69, 9.17) is 4.74 Å². The first kappa shape index (κ1) is 12.6. The molecule has 1 aromatic carbocycles. The standard InChI is InChI=1S/C14H19N3O/c1-10-8-16-17(9-10)12-6-5-7-13(18-4)14(12)11(2)15-3/h5-9,11,15H,1-4H3. The van der Waals surface area contributed by atoms with Crippen molar-refractivity contribution in [2.45, 2.75) is 19.9 Å². The molecule has 18 heavy (non-hydrogen) atoms. The highest BCUT2D eigenvalue weighted by Crippen LogP contribution is 2.30. The maximum Gasteiger partial charge on any atom is 0.125 e. The zero-order valence-corrected chi connectivity index (χ0v) is 11.3. The minimum atomic E-state index is 0.195. The van der Waals surface area contributed by atoms with E-state index >= 15 is 0 Å². The Balaban J connectivity index is 2.59. The molecule has 0 saturated heterocycles. The van der Waals surface area contributed by atoms with E-state index in [-0.39, 0.29) is 6.04 Å². The molecule has 0 aliphatic rings. The molecule has 4 heteroatoms. The van der Waals surface area contributed by atoms with Gasteiger partial charge in [0.1, 0.15) is 5.75 Å². The van der Waals surface area contributed by atoms with Crippen LogP contribution in [0.5, 0.6) is 5.75 Å². The summed E-state index contributed by atoms with van der Waals surface area (Å²) in [4.78, 5) is 0. The van der Waals surface area contributed by atoms with Crippen LogP contribution in [0.3, 0.4) is 0 Å². The molecule has 2 aromatic rings. The molecule has 1 N–H and O–H groups in total. The number of benzene rings is 1. The van der Waals surface area contributed by atoms with Crippen molar-refractivity contribution in [1.29, 1.82) is 0 Å². The minimum Gasteiger partial charge on any atom is -0.496 e. The molecule has 1 heterocycles. The minimum absolute atomic E-state index is 0.195. The van der Waals surface area contributed by atoms with E-state index in [0.717, 1.165) is 22.6 Å². The summed E-state index contributed by atoms with van der Waals surface area (Å²) in [6.45, 7) is 4.14. The molecule has 2 rings (SSSR count). The summed E-state index contributed by atoms with van der Waals surface area (Å²) in [5.41, 5.74) is 3.30. The molecule has 0 spiro atoms. The zero-order valence-electron chi connectivity index (χ0n) is 11.3. The van der Waals surface area contributed by atoms with Gasteiger partial charge < -0.3 is 10.1 Å². The van der Waals surface area contributed by atoms with E-state index in [1.165, 1.54) is 0 Å². The van der Waals surface area contributed by atoms with Crippen molar-refractivity contribution < 1.29 is 4.74 Å². The molecule has 4 nitrogen and oxygen atoms in total. The van der Waals surface area contributed by atoms with Gasteiger partial charge in [0.25, 0.3) is 0 Å². The Labute approximate surface area is 108 Å². The Morgan fingerprint density at radius 3 is 2.72 bits per heavy atom. The largest absolute Gasteiger partial charge is 0.496 e. The van der Waals surface area contributed by atoms with Crippen LogP contribution in [0.1, 0.15) is 24.1 Å². The van der Waals surface area contributed by atoms with Crippen LogP contribution in [0, 0.1) is 6.92 Å². The van der Waals surface area contributed by atoms with Gasteiger partial charge in [0.05, 0.1) is 19.0 Å². The van der Waals surface area contributed by atoms with Gasteiger partial charge in [0.15, 0.2) is 0 Å². The lowest BCUT2D eigenvalue weighted by Gasteiger charge is -2.19. The van der Waals surface area contributed by atoms with Crippen LogP contribution >= 0.6 is 0 Å². The number of hydrogen-bond donors (Lipinski definition) is 1. The molecule has 0 amide bonds. The quantitative estimate of drug-likeness (QED) is 0.899. The molecule has 1 aromatic heterocycles. The molecule has 0 saturated carbocycles. The van der Waals surface area contributed by atoms with Gasteiger partial charge in [-0.25, -0.2) is 4.68 Å². The first-order valence-corrected chi connectivity index (χ1v) is 6.03. The number of aryl methyl sites for hydroxylation is 1. The van der Waals surface area contributed by atoms with Crippen LogP contribution in [0.15, 0.2) is 30.6 Å². The Morgan fingerprint density at radius 1 is 1.39 bits per heavy atom. The third-order valence-electron chi connectivity index (χ3n) is 3.09. The first-order valence-electron chi connectivity index (χ1n) is 6.03. The topological polar surface area (TPSA) is 39.1 Å². The van der Waals surface area contributed by atoms with E-state index in [2.05, 4.69) is 23.4 Å². The van der Waals surface area contributed by atoms with Crippen molar-refractivity contribution in [2.24, 2.45) is 0 Å². The predicted octanol–water partition coefficient (Wildman–Crippen LogP) is 2.47. The number of rotatable bonds is 4. The van der Waals surface area contributed by atoms with Crippen LogP contribution < -0.4 is 10.1 Å². The van der Waals surface area contributed by atoms with Gasteiger partial charge >= 0.3 is 0 Å². The molecule has 0 fully saturated rings. The Bertz CT molecular complexity index is 534. The van der Waals surface area contributed by atoms with Gasteiger partial charge in [-0.05, 0) is 38.6 Å². The van der Waals surface area contributed by atoms with Gasteiger partial charge in [0.2, 0.25) is 0 Å². The number of methoxy groups -OCH3 is 1. The molecule has 0 aliphatic carbocycles. The van der Waals surface area contributed by atoms with Crippen molar-refractivity contribution in [3.05, 3.63) is 41.7 Å². The van der Waals surface area contributed by atoms with E-state index < -0.39 is 0 Å². The summed E-state index contributed by atoms with van der Waals surface area (Å²) in [5.74, 6) is 0.877. The smallest absolute Gasteiger partial charge is 0.125 e. The van der Waals surface area contributed by atoms with Gasteiger partial charge in [-0.2, -0.15) is 5.10 Å². The van der Waals surface area contributed by atoms with Gasteiger partial charge in [-0.3, -0.25) is 0 Å². The number of nitrogens with zero attached hydrogens (tertiary/aromatic N) is 2. The maximum atomic E-state index is 5.46. The fraction of sp³-hybridized carbons (Fsp3) is 0.357. The lowest BCUT2D eigenvalue weighted by atomic mass is 10.0. The highest BCUT2D eigenvalue weighted by atomic mass is 16.5. The van der Waals surface area contributed by atoms with Crippen LogP contribution in [0.25, 0.3) is 5.69 Å². The Morgan fingerprint density at radius 2 is 2.17 bits per heavy atom. The highest BCUT2D eigenvalue weighted by Gasteiger charge is 2.16. The monoisotopic (exact) mass is 245 g/mol. The third kappa shape index (κ3) is 2.24. The summed E-state index contributed by atoms with van der Waals surface area (Å²) in [5, 5.41) is 7.62. The predicted molar refractivity (Wildman–Crippen MR) is 72.3 cm³/mol. The lowest BCUT2D eigenvalue weighted by molar-refractivity contribution is 0.403. The lowest BCUT2D eigenvalue weighted by Crippen LogP contribution is -2.16. The second-order valence-electron chi connectivity index (χ2n) is 4.37. The van der Waals surface area contributed by atoms with Crippen molar-refractivity contribution in [2.75, 3.05) is 14.2 Å². The maximum absolute atomic E-state index is 5.46. The summed E-state index contributed by atoms with van der Waals surface area (Å²) >= 11 is 0. The summed E-state index contributed by atoms with van der Waals surface area (Å²) < 4.78 is 7.35. The van der Waals surface area contributed by atoms with Crippen molar-refractivity contribution in [1.82, 2.24) is 15.1 Å². The molecule has 96 valence electrons. The third-order valence-corrected chi connectivity index (χ3v) is 3.09. The van der Waals surface area contributed by atoms with Crippen molar-refractivity contribution >= 4 is 0 Å². The number of aromatic nitrogens is 2. The zero-order chi connectivity index (χ0) is 13.1. The molecular formula is C14H19N3O. The highest BCUT2D eigenvalue weighted by molar-refractivity contribution is 5.51. The summed E-state index contributed by atoms with van der Waals surface area (Å²) in [6, 6.07) is 6.21. The molecule has 0 radical (unpaired) electrons. The second-order valence-corrected chi connectivity index (χ2v) is 4.37. The van der Waals surface area contributed by atoms with Gasteiger partial charge in [-0.15, -0.1) is 0 Å². The molecular weight excluding hydrogens is 226 g/mol. The van der Waals surface area contributed by atoms with Gasteiger partial charge in [0, 0.05) is 17.8 Å². The van der Waals surface area contributed by atoms with E-state index in [0.29, 0.717) is 0 Å². The number of nitrogens with one attached hydrogen (secondary N) is 1. The van der Waals surface area contributed by atoms with Crippen LogP contribution in [-0.2, 0) is 0 Å². The fourth-order valence-corrected chi connectivity index (χ4v) is 2.03. The Kier molecular flexibility index (Phi) is 3.67. The fourth-order valence-electron chi connectivity index (χ4n) is 2.03. The summed E-state index contributed by atoms with van der Waals surface area (Å²) in [6.07, 6.45) is 3.87. The van der Waals surface area contributed by atoms with Crippen LogP contribution in [-0.4, -0.2) is 23.9 Å². The normalized spacial score (nSPS) is 12.4. The second kappa shape index (κ2) is 5.23. The van der Waals surface area contributed by atoms with Gasteiger partial charge in [-0.1, -0.05) is 6.07 Å². The average molecular weight is 245 g/mol. The SMILES string of the molecule is CNC(C)c1c(OC)cccc1-n1cc(C)cn1. The van der Waals surface area contributed by atoms with Crippen molar-refractivity contribution in [3.8, 4) is 11.4 Å². The first-order chi connectivity index (χ1) is 8.67. The summed E-state index contributed by atoms with van der Waals surface area (Å²) in [7, 11) is 3.63. The number of ether oxygens (including phenoxy) is 1. The molecule has 1 unspecified atom stereocenters. The number of hydrogen-bond acceptors (Lipinski definition) is 3. The molecule has 1 atom stereocenters. The van der Waals surface area contributed by atoms with Crippen LogP contribution in [0.4, 0.5) is 0 Å². The van der Waals surface area contributed by atoms with E-state index in [1.54, 1.807) is 7.11 Å². The average Bonchev–Trinajstić information content (AvgIpc) is 2.83. The molecule has 0 aliphatic heterocycles. The van der Waals surface area contributed by atoms with E-state index in [1.807, 2.05) is 43.2 Å².